The van der Waals surface area contributed by atoms with Crippen molar-refractivity contribution in [2.75, 3.05) is 20.2 Å². The maximum Gasteiger partial charge on any atom is 0.223 e. The molecular weight excluding hydrogens is 338 g/mol. The molecular formula is C22H29N3O2. The molecule has 4 rings (SSSR count). The molecule has 144 valence electrons. The summed E-state index contributed by atoms with van der Waals surface area (Å²) < 4.78 is 7.99. The molecule has 2 unspecified atom stereocenters. The Bertz CT molecular complexity index is 808. The van der Waals surface area contributed by atoms with Gasteiger partial charge in [-0.1, -0.05) is 25.1 Å². The lowest BCUT2D eigenvalue weighted by molar-refractivity contribution is -0.130. The number of para-hydroxylation sites is 1. The minimum Gasteiger partial charge on any atom is -0.496 e. The van der Waals surface area contributed by atoms with Gasteiger partial charge in [-0.15, -0.1) is 0 Å². The van der Waals surface area contributed by atoms with Gasteiger partial charge in [0.15, 0.2) is 0 Å². The van der Waals surface area contributed by atoms with Gasteiger partial charge in [0.05, 0.1) is 7.11 Å². The molecule has 0 radical (unpaired) electrons. The predicted octanol–water partition coefficient (Wildman–Crippen LogP) is 3.62. The van der Waals surface area contributed by atoms with Crippen LogP contribution < -0.4 is 4.74 Å². The fraction of sp³-hybridized carbons (Fsp3) is 0.545. The maximum atomic E-state index is 13.0. The summed E-state index contributed by atoms with van der Waals surface area (Å²) in [6.45, 7) is 5.05. The number of ether oxygens (including phenoxy) is 1. The topological polar surface area (TPSA) is 47.4 Å². The van der Waals surface area contributed by atoms with E-state index < -0.39 is 0 Å². The Morgan fingerprint density at radius 1 is 1.30 bits per heavy atom. The van der Waals surface area contributed by atoms with Gasteiger partial charge in [-0.2, -0.15) is 0 Å². The predicted molar refractivity (Wildman–Crippen MR) is 105 cm³/mol. The third-order valence-electron chi connectivity index (χ3n) is 6.03. The van der Waals surface area contributed by atoms with Crippen molar-refractivity contribution in [1.82, 2.24) is 14.5 Å². The molecule has 1 aromatic carbocycles. The lowest BCUT2D eigenvalue weighted by atomic mass is 9.90. The number of amides is 1. The van der Waals surface area contributed by atoms with Crippen LogP contribution in [0.4, 0.5) is 0 Å². The highest BCUT2D eigenvalue weighted by molar-refractivity contribution is 5.78. The second-order valence-corrected chi connectivity index (χ2v) is 7.94. The van der Waals surface area contributed by atoms with E-state index in [0.717, 1.165) is 61.7 Å². The van der Waals surface area contributed by atoms with Gasteiger partial charge >= 0.3 is 0 Å². The van der Waals surface area contributed by atoms with E-state index in [1.54, 1.807) is 7.11 Å². The van der Waals surface area contributed by atoms with Crippen LogP contribution in [0.5, 0.6) is 5.75 Å². The van der Waals surface area contributed by atoms with E-state index in [4.69, 9.17) is 9.72 Å². The van der Waals surface area contributed by atoms with Crippen molar-refractivity contribution >= 4 is 5.91 Å². The molecule has 2 aliphatic rings. The van der Waals surface area contributed by atoms with Crippen molar-refractivity contribution in [3.05, 3.63) is 47.5 Å². The molecule has 0 saturated carbocycles. The highest BCUT2D eigenvalue weighted by Gasteiger charge is 2.30. The molecule has 5 nitrogen and oxygen atoms in total. The van der Waals surface area contributed by atoms with Gasteiger partial charge in [0.1, 0.15) is 11.6 Å². The van der Waals surface area contributed by atoms with Crippen LogP contribution in [0.25, 0.3) is 0 Å². The summed E-state index contributed by atoms with van der Waals surface area (Å²) in [7, 11) is 1.70. The first-order valence-electron chi connectivity index (χ1n) is 10.1. The summed E-state index contributed by atoms with van der Waals surface area (Å²) in [5.74, 6) is 2.84. The first-order valence-corrected chi connectivity index (χ1v) is 10.1. The van der Waals surface area contributed by atoms with Crippen LogP contribution in [0.15, 0.2) is 30.5 Å². The van der Waals surface area contributed by atoms with Gasteiger partial charge in [-0.25, -0.2) is 4.98 Å². The number of nitrogens with zero attached hydrogens (tertiary/aromatic N) is 3. The zero-order chi connectivity index (χ0) is 18.8. The second-order valence-electron chi connectivity index (χ2n) is 7.94. The molecule has 1 aromatic heterocycles. The van der Waals surface area contributed by atoms with Crippen molar-refractivity contribution in [1.29, 1.82) is 0 Å². The number of rotatable bonds is 5. The summed E-state index contributed by atoms with van der Waals surface area (Å²) >= 11 is 0. The summed E-state index contributed by atoms with van der Waals surface area (Å²) in [6.07, 6.45) is 6.89. The quantitative estimate of drug-likeness (QED) is 0.811. The van der Waals surface area contributed by atoms with E-state index in [0.29, 0.717) is 12.3 Å². The first kappa shape index (κ1) is 18.1. The third-order valence-corrected chi connectivity index (χ3v) is 6.03. The van der Waals surface area contributed by atoms with Crippen molar-refractivity contribution in [3.63, 3.8) is 0 Å². The molecule has 2 aromatic rings. The average molecular weight is 367 g/mol. The van der Waals surface area contributed by atoms with Crippen molar-refractivity contribution < 1.29 is 9.53 Å². The molecule has 3 heterocycles. The zero-order valence-electron chi connectivity index (χ0n) is 16.4. The Balaban J connectivity index is 1.72. The Hall–Kier alpha value is -2.30. The molecule has 0 N–H and O–H groups in total. The average Bonchev–Trinajstić information content (AvgIpc) is 3.36. The molecule has 0 spiro atoms. The molecule has 27 heavy (non-hydrogen) atoms. The summed E-state index contributed by atoms with van der Waals surface area (Å²) in [5, 5.41) is 0. The van der Waals surface area contributed by atoms with Crippen LogP contribution in [0.3, 0.4) is 0 Å². The highest BCUT2D eigenvalue weighted by Crippen LogP contribution is 2.37. The van der Waals surface area contributed by atoms with Crippen LogP contribution in [-0.4, -0.2) is 40.6 Å². The molecule has 2 atom stereocenters. The number of aryl methyl sites for hydroxylation is 1. The number of likely N-dealkylation sites (tertiary alicyclic amines) is 1. The van der Waals surface area contributed by atoms with Gasteiger partial charge < -0.3 is 14.2 Å². The van der Waals surface area contributed by atoms with E-state index in [2.05, 4.69) is 17.6 Å². The summed E-state index contributed by atoms with van der Waals surface area (Å²) in [4.78, 5) is 19.7. The second kappa shape index (κ2) is 7.75. The number of benzene rings is 1. The number of carbonyl (C=O) groups is 1. The Labute approximate surface area is 161 Å². The Morgan fingerprint density at radius 3 is 2.85 bits per heavy atom. The third kappa shape index (κ3) is 3.60. The number of imidazole rings is 1. The Kier molecular flexibility index (Phi) is 5.19. The van der Waals surface area contributed by atoms with Gasteiger partial charge in [0.25, 0.3) is 0 Å². The number of fused-ring (bicyclic) bond motifs is 1. The normalized spacial score (nSPS) is 20.4. The Morgan fingerprint density at radius 2 is 2.07 bits per heavy atom. The number of hydrogen-bond donors (Lipinski definition) is 0. The molecule has 0 bridgehead atoms. The van der Waals surface area contributed by atoms with E-state index >= 15 is 0 Å². The van der Waals surface area contributed by atoms with Crippen molar-refractivity contribution in [3.8, 4) is 5.75 Å². The number of methoxy groups -OCH3 is 1. The van der Waals surface area contributed by atoms with Crippen molar-refractivity contribution in [2.24, 2.45) is 5.92 Å². The lowest BCUT2D eigenvalue weighted by Crippen LogP contribution is -2.30. The lowest BCUT2D eigenvalue weighted by Gasteiger charge is -2.27. The standard InChI is InChI=1S/C22H29N3O2/c1-16-9-10-21-23-14-19(25(21)15-16)18(13-22(26)24-11-5-6-12-24)17-7-3-4-8-20(17)27-2/h3-4,7-8,14,16,18H,5-6,9-13,15H2,1-2H3. The monoisotopic (exact) mass is 367 g/mol. The molecule has 1 amide bonds. The van der Waals surface area contributed by atoms with Crippen LogP contribution in [0.1, 0.15) is 55.6 Å². The van der Waals surface area contributed by atoms with Gasteiger partial charge in [-0.05, 0) is 31.2 Å². The van der Waals surface area contributed by atoms with E-state index in [1.807, 2.05) is 29.3 Å². The molecule has 1 fully saturated rings. The largest absolute Gasteiger partial charge is 0.496 e. The number of aromatic nitrogens is 2. The molecule has 1 saturated heterocycles. The van der Waals surface area contributed by atoms with E-state index in [1.165, 1.54) is 6.42 Å². The number of hydrogen-bond acceptors (Lipinski definition) is 3. The van der Waals surface area contributed by atoms with E-state index in [-0.39, 0.29) is 11.8 Å². The van der Waals surface area contributed by atoms with Crippen LogP contribution >= 0.6 is 0 Å². The van der Waals surface area contributed by atoms with Gasteiger partial charge in [0, 0.05) is 55.8 Å². The van der Waals surface area contributed by atoms with Crippen molar-refractivity contribution in [2.45, 2.75) is 51.5 Å². The van der Waals surface area contributed by atoms with E-state index in [9.17, 15) is 4.79 Å². The number of carbonyl (C=O) groups excluding carboxylic acids is 1. The van der Waals surface area contributed by atoms with Gasteiger partial charge in [-0.3, -0.25) is 4.79 Å². The molecule has 0 aliphatic carbocycles. The van der Waals surface area contributed by atoms with Crippen LogP contribution in [0.2, 0.25) is 0 Å². The fourth-order valence-corrected chi connectivity index (χ4v) is 4.49. The first-order chi connectivity index (χ1) is 13.2. The molecule has 5 heteroatoms. The van der Waals surface area contributed by atoms with Crippen LogP contribution in [0, 0.1) is 5.92 Å². The van der Waals surface area contributed by atoms with Gasteiger partial charge in [0.2, 0.25) is 5.91 Å². The van der Waals surface area contributed by atoms with Crippen LogP contribution in [-0.2, 0) is 17.8 Å². The zero-order valence-corrected chi connectivity index (χ0v) is 16.4. The summed E-state index contributed by atoms with van der Waals surface area (Å²) in [6, 6.07) is 8.09. The molecule has 2 aliphatic heterocycles. The maximum absolute atomic E-state index is 13.0. The highest BCUT2D eigenvalue weighted by atomic mass is 16.5. The SMILES string of the molecule is COc1ccccc1C(CC(=O)N1CCCC1)c1cnc2n1CC(C)CC2. The minimum absolute atomic E-state index is 0.0270. The summed E-state index contributed by atoms with van der Waals surface area (Å²) in [5.41, 5.74) is 2.22. The fourth-order valence-electron chi connectivity index (χ4n) is 4.49. The smallest absolute Gasteiger partial charge is 0.223 e. The minimum atomic E-state index is -0.0270.